The molecule has 0 aliphatic carbocycles. The molecule has 0 saturated carbocycles. The molecule has 0 aromatic heterocycles. The van der Waals surface area contributed by atoms with Gasteiger partial charge in [-0.3, -0.25) is 10.1 Å². The summed E-state index contributed by atoms with van der Waals surface area (Å²) in [6.45, 7) is 0.535. The van der Waals surface area contributed by atoms with Crippen molar-refractivity contribution in [3.63, 3.8) is 0 Å². The lowest BCUT2D eigenvalue weighted by atomic mass is 10.1. The van der Waals surface area contributed by atoms with Crippen LogP contribution < -0.4 is 4.74 Å². The highest BCUT2D eigenvalue weighted by Gasteiger charge is 2.33. The van der Waals surface area contributed by atoms with Gasteiger partial charge >= 0.3 is 6.18 Å². The van der Waals surface area contributed by atoms with Gasteiger partial charge in [-0.15, -0.1) is 0 Å². The summed E-state index contributed by atoms with van der Waals surface area (Å²) < 4.78 is 54.4. The van der Waals surface area contributed by atoms with Crippen LogP contribution in [0.1, 0.15) is 17.4 Å². The Hall–Kier alpha value is -2.07. The van der Waals surface area contributed by atoms with Crippen molar-refractivity contribution in [2.45, 2.75) is 12.5 Å². The minimum absolute atomic E-state index is 0.0678. The monoisotopic (exact) mass is 423 g/mol. The van der Waals surface area contributed by atoms with Gasteiger partial charge in [0.25, 0.3) is 5.69 Å². The van der Waals surface area contributed by atoms with Gasteiger partial charge in [0, 0.05) is 6.07 Å². The molecule has 2 aromatic rings. The van der Waals surface area contributed by atoms with E-state index in [-0.39, 0.29) is 46.0 Å². The second kappa shape index (κ2) is 7.51. The third kappa shape index (κ3) is 4.27. The molecule has 0 bridgehead atoms. The third-order valence-corrected chi connectivity index (χ3v) is 4.18. The van der Waals surface area contributed by atoms with Crippen molar-refractivity contribution in [1.29, 1.82) is 0 Å². The molecule has 2 aromatic carbocycles. The van der Waals surface area contributed by atoms with Crippen molar-refractivity contribution >= 4 is 28.9 Å². The third-order valence-electron chi connectivity index (χ3n) is 3.62. The lowest BCUT2D eigenvalue weighted by Gasteiger charge is -2.15. The van der Waals surface area contributed by atoms with Crippen LogP contribution in [0, 0.1) is 10.1 Å². The highest BCUT2D eigenvalue weighted by molar-refractivity contribution is 6.37. The molecule has 11 heteroatoms. The van der Waals surface area contributed by atoms with Gasteiger partial charge in [-0.05, 0) is 24.3 Å². The second-order valence-corrected chi connectivity index (χ2v) is 6.23. The number of halogens is 5. The number of nitro benzene ring substituents is 1. The van der Waals surface area contributed by atoms with Crippen LogP contribution in [-0.4, -0.2) is 18.1 Å². The van der Waals surface area contributed by atoms with Crippen LogP contribution in [0.3, 0.4) is 0 Å². The first-order chi connectivity index (χ1) is 12.7. The van der Waals surface area contributed by atoms with E-state index in [9.17, 15) is 23.3 Å². The number of nitrogens with zero attached hydrogens (tertiary/aromatic N) is 1. The SMILES string of the molecule is O=[N+]([O-])c1ccc(Oc2c(Cl)cc(C(F)(F)F)cc2Cl)cc1C1OCCO1. The number of ether oxygens (including phenoxy) is 3. The number of alkyl halides is 3. The Morgan fingerprint density at radius 2 is 1.70 bits per heavy atom. The van der Waals surface area contributed by atoms with Gasteiger partial charge in [0.05, 0.1) is 39.3 Å². The van der Waals surface area contributed by atoms with E-state index in [1.807, 2.05) is 0 Å². The van der Waals surface area contributed by atoms with Crippen molar-refractivity contribution in [3.8, 4) is 11.5 Å². The zero-order valence-electron chi connectivity index (χ0n) is 13.3. The molecule has 1 heterocycles. The van der Waals surface area contributed by atoms with Crippen LogP contribution in [0.15, 0.2) is 30.3 Å². The van der Waals surface area contributed by atoms with Crippen LogP contribution in [0.5, 0.6) is 11.5 Å². The van der Waals surface area contributed by atoms with Crippen molar-refractivity contribution in [2.75, 3.05) is 13.2 Å². The largest absolute Gasteiger partial charge is 0.454 e. The summed E-state index contributed by atoms with van der Waals surface area (Å²) in [5.41, 5.74) is -1.17. The molecule has 0 radical (unpaired) electrons. The molecule has 1 aliphatic heterocycles. The standard InChI is InChI=1S/C16H10Cl2F3NO5/c17-11-5-8(16(19,20)21)6-12(18)14(11)27-9-1-2-13(22(23)24)10(7-9)15-25-3-4-26-15/h1-2,5-7,15H,3-4H2. The minimum atomic E-state index is -4.62. The molecule has 0 N–H and O–H groups in total. The van der Waals surface area contributed by atoms with Gasteiger partial charge in [-0.1, -0.05) is 23.2 Å². The Morgan fingerprint density at radius 1 is 1.11 bits per heavy atom. The summed E-state index contributed by atoms with van der Waals surface area (Å²) in [6, 6.07) is 5.08. The van der Waals surface area contributed by atoms with E-state index in [2.05, 4.69) is 0 Å². The van der Waals surface area contributed by atoms with Gasteiger partial charge in [-0.2, -0.15) is 13.2 Å². The van der Waals surface area contributed by atoms with Gasteiger partial charge in [0.1, 0.15) is 5.75 Å². The van der Waals surface area contributed by atoms with E-state index in [0.717, 1.165) is 0 Å². The molecule has 1 saturated heterocycles. The number of benzene rings is 2. The fourth-order valence-electron chi connectivity index (χ4n) is 2.43. The molecule has 0 amide bonds. The first kappa shape index (κ1) is 19.7. The van der Waals surface area contributed by atoms with E-state index < -0.39 is 23.0 Å². The predicted octanol–water partition coefficient (Wildman–Crippen LogP) is 5.76. The summed E-state index contributed by atoms with van der Waals surface area (Å²) in [5, 5.41) is 10.5. The first-order valence-corrected chi connectivity index (χ1v) is 8.18. The van der Waals surface area contributed by atoms with Crippen molar-refractivity contribution < 1.29 is 32.3 Å². The summed E-state index contributed by atoms with van der Waals surface area (Å²) in [6.07, 6.45) is -5.57. The van der Waals surface area contributed by atoms with Gasteiger partial charge in [0.15, 0.2) is 12.0 Å². The number of hydrogen-bond donors (Lipinski definition) is 0. The topological polar surface area (TPSA) is 70.8 Å². The fraction of sp³-hybridized carbons (Fsp3) is 0.250. The smallest absolute Gasteiger partial charge is 0.416 e. The molecule has 1 fully saturated rings. The van der Waals surface area contributed by atoms with E-state index >= 15 is 0 Å². The average Bonchev–Trinajstić information content (AvgIpc) is 3.11. The lowest BCUT2D eigenvalue weighted by molar-refractivity contribution is -0.386. The Labute approximate surface area is 160 Å². The molecule has 0 atom stereocenters. The van der Waals surface area contributed by atoms with Crippen LogP contribution in [0.2, 0.25) is 10.0 Å². The van der Waals surface area contributed by atoms with Gasteiger partial charge in [-0.25, -0.2) is 0 Å². The molecule has 144 valence electrons. The Bertz CT molecular complexity index is 862. The van der Waals surface area contributed by atoms with Gasteiger partial charge in [0.2, 0.25) is 0 Å². The van der Waals surface area contributed by atoms with Crippen molar-refractivity contribution in [2.24, 2.45) is 0 Å². The highest BCUT2D eigenvalue weighted by Crippen LogP contribution is 2.43. The maximum Gasteiger partial charge on any atom is 0.416 e. The van der Waals surface area contributed by atoms with Crippen LogP contribution in [0.4, 0.5) is 18.9 Å². The summed E-state index contributed by atoms with van der Waals surface area (Å²) in [5.74, 6) is -0.141. The lowest BCUT2D eigenvalue weighted by Crippen LogP contribution is -2.05. The summed E-state index contributed by atoms with van der Waals surface area (Å²) in [4.78, 5) is 10.6. The van der Waals surface area contributed by atoms with E-state index in [1.54, 1.807) is 0 Å². The van der Waals surface area contributed by atoms with Crippen LogP contribution in [-0.2, 0) is 15.7 Å². The Kier molecular flexibility index (Phi) is 5.48. The molecule has 27 heavy (non-hydrogen) atoms. The van der Waals surface area contributed by atoms with E-state index in [1.165, 1.54) is 18.2 Å². The molecule has 0 unspecified atom stereocenters. The first-order valence-electron chi connectivity index (χ1n) is 7.42. The van der Waals surface area contributed by atoms with Crippen molar-refractivity contribution in [1.82, 2.24) is 0 Å². The molecule has 1 aliphatic rings. The number of rotatable bonds is 4. The molecule has 3 rings (SSSR count). The minimum Gasteiger partial charge on any atom is -0.454 e. The maximum absolute atomic E-state index is 12.8. The zero-order chi connectivity index (χ0) is 19.8. The van der Waals surface area contributed by atoms with Crippen LogP contribution >= 0.6 is 23.2 Å². The summed E-state index contributed by atoms with van der Waals surface area (Å²) in [7, 11) is 0. The van der Waals surface area contributed by atoms with Crippen molar-refractivity contribution in [3.05, 3.63) is 61.6 Å². The number of nitro groups is 1. The Balaban J connectivity index is 1.96. The highest BCUT2D eigenvalue weighted by atomic mass is 35.5. The normalized spacial score (nSPS) is 15.1. The number of hydrogen-bond acceptors (Lipinski definition) is 5. The van der Waals surface area contributed by atoms with Crippen LogP contribution in [0.25, 0.3) is 0 Å². The molecule has 0 spiro atoms. The van der Waals surface area contributed by atoms with Gasteiger partial charge < -0.3 is 14.2 Å². The second-order valence-electron chi connectivity index (χ2n) is 5.42. The zero-order valence-corrected chi connectivity index (χ0v) is 14.8. The average molecular weight is 424 g/mol. The Morgan fingerprint density at radius 3 is 2.22 bits per heavy atom. The fourth-order valence-corrected chi connectivity index (χ4v) is 2.99. The molecule has 6 nitrogen and oxygen atoms in total. The summed E-state index contributed by atoms with van der Waals surface area (Å²) >= 11 is 11.7. The van der Waals surface area contributed by atoms with E-state index in [4.69, 9.17) is 37.4 Å². The molecular formula is C16H10Cl2F3NO5. The molecular weight excluding hydrogens is 414 g/mol. The predicted molar refractivity (Wildman–Crippen MR) is 89.3 cm³/mol. The quantitative estimate of drug-likeness (QED) is 0.461. The van der Waals surface area contributed by atoms with E-state index in [0.29, 0.717) is 12.1 Å². The maximum atomic E-state index is 12.8.